The summed E-state index contributed by atoms with van der Waals surface area (Å²) in [4.78, 5) is 11.3. The number of aryl methyl sites for hydroxylation is 2. The third-order valence-electron chi connectivity index (χ3n) is 6.77. The number of nitrogens with zero attached hydrogens (tertiary/aromatic N) is 4. The molecule has 4 heterocycles. The number of sulfonamides is 1. The van der Waals surface area contributed by atoms with Crippen molar-refractivity contribution in [1.82, 2.24) is 19.9 Å². The Bertz CT molecular complexity index is 1640. The molecule has 39 heavy (non-hydrogen) atoms. The molecule has 0 bridgehead atoms. The Balaban J connectivity index is 1.68. The van der Waals surface area contributed by atoms with Gasteiger partial charge in [0.05, 0.1) is 36.8 Å². The van der Waals surface area contributed by atoms with Crippen LogP contribution in [0.3, 0.4) is 0 Å². The van der Waals surface area contributed by atoms with Crippen LogP contribution in [0.2, 0.25) is 0 Å². The Labute approximate surface area is 233 Å². The van der Waals surface area contributed by atoms with E-state index in [4.69, 9.17) is 17.0 Å². The van der Waals surface area contributed by atoms with E-state index in [2.05, 4.69) is 44.5 Å². The van der Waals surface area contributed by atoms with Crippen LogP contribution in [0.25, 0.3) is 5.82 Å². The van der Waals surface area contributed by atoms with Crippen LogP contribution in [0.5, 0.6) is 5.75 Å². The zero-order valence-corrected chi connectivity index (χ0v) is 24.0. The van der Waals surface area contributed by atoms with Crippen molar-refractivity contribution in [3.63, 3.8) is 0 Å². The molecule has 0 unspecified atom stereocenters. The van der Waals surface area contributed by atoms with E-state index in [-0.39, 0.29) is 12.1 Å². The molecular weight excluding hydrogens is 532 g/mol. The lowest BCUT2D eigenvalue weighted by atomic mass is 9.96. The van der Waals surface area contributed by atoms with E-state index in [1.807, 2.05) is 54.4 Å². The third kappa shape index (κ3) is 5.19. The second kappa shape index (κ2) is 10.3. The molecule has 2 N–H and O–H groups in total. The molecule has 0 spiro atoms. The van der Waals surface area contributed by atoms with E-state index in [0.29, 0.717) is 22.2 Å². The van der Waals surface area contributed by atoms with E-state index in [1.54, 1.807) is 18.3 Å². The summed E-state index contributed by atoms with van der Waals surface area (Å²) < 4.78 is 34.3. The topological polar surface area (TPSA) is 101 Å². The maximum Gasteiger partial charge on any atom is 0.229 e. The second-order valence-electron chi connectivity index (χ2n) is 9.61. The van der Waals surface area contributed by atoms with E-state index in [1.165, 1.54) is 7.11 Å². The molecule has 202 valence electrons. The Kier molecular flexibility index (Phi) is 7.04. The number of hydrogen-bond donors (Lipinski definition) is 2. The van der Waals surface area contributed by atoms with Crippen LogP contribution in [0.1, 0.15) is 40.3 Å². The van der Waals surface area contributed by atoms with Gasteiger partial charge in [0.2, 0.25) is 10.0 Å². The van der Waals surface area contributed by atoms with Gasteiger partial charge < -0.3 is 19.5 Å². The molecule has 0 amide bonds. The molecule has 11 heteroatoms. The molecule has 1 aliphatic rings. The van der Waals surface area contributed by atoms with Crippen molar-refractivity contribution in [1.29, 1.82) is 0 Å². The van der Waals surface area contributed by atoms with Crippen molar-refractivity contribution in [3.05, 3.63) is 95.2 Å². The maximum absolute atomic E-state index is 12.1. The predicted molar refractivity (Wildman–Crippen MR) is 157 cm³/mol. The van der Waals surface area contributed by atoms with Gasteiger partial charge in [0.15, 0.2) is 5.11 Å². The number of hydrogen-bond acceptors (Lipinski definition) is 6. The zero-order valence-electron chi connectivity index (χ0n) is 22.3. The van der Waals surface area contributed by atoms with Crippen molar-refractivity contribution in [2.24, 2.45) is 0 Å². The molecule has 9 nitrogen and oxygen atoms in total. The highest BCUT2D eigenvalue weighted by atomic mass is 32.2. The van der Waals surface area contributed by atoms with Crippen LogP contribution in [0.4, 0.5) is 11.4 Å². The number of aromatic nitrogens is 3. The monoisotopic (exact) mass is 562 g/mol. The lowest BCUT2D eigenvalue weighted by Crippen LogP contribution is -2.29. The first-order chi connectivity index (χ1) is 18.6. The van der Waals surface area contributed by atoms with Crippen molar-refractivity contribution in [2.45, 2.75) is 32.9 Å². The Morgan fingerprint density at radius 3 is 2.49 bits per heavy atom. The second-order valence-corrected chi connectivity index (χ2v) is 11.7. The van der Waals surface area contributed by atoms with Crippen LogP contribution in [0.15, 0.2) is 67.0 Å². The molecule has 3 aromatic heterocycles. The summed E-state index contributed by atoms with van der Waals surface area (Å²) in [6.07, 6.45) is 4.73. The fourth-order valence-electron chi connectivity index (χ4n) is 5.11. The Morgan fingerprint density at radius 2 is 1.85 bits per heavy atom. The Hall–Kier alpha value is -3.96. The van der Waals surface area contributed by atoms with Crippen molar-refractivity contribution >= 4 is 38.7 Å². The highest BCUT2D eigenvalue weighted by Crippen LogP contribution is 2.45. The van der Waals surface area contributed by atoms with Gasteiger partial charge in [0.1, 0.15) is 11.6 Å². The van der Waals surface area contributed by atoms with Gasteiger partial charge >= 0.3 is 0 Å². The number of pyridine rings is 2. The quantitative estimate of drug-likeness (QED) is 0.311. The van der Waals surface area contributed by atoms with Gasteiger partial charge in [0.25, 0.3) is 0 Å². The average molecular weight is 563 g/mol. The molecule has 1 fully saturated rings. The molecule has 5 rings (SSSR count). The summed E-state index contributed by atoms with van der Waals surface area (Å²) in [5.74, 6) is 1.24. The van der Waals surface area contributed by atoms with Gasteiger partial charge in [-0.3, -0.25) is 9.71 Å². The normalized spacial score (nSPS) is 17.3. The minimum Gasteiger partial charge on any atom is -0.495 e. The molecule has 4 aromatic rings. The summed E-state index contributed by atoms with van der Waals surface area (Å²) in [6, 6.07) is 16.8. The number of methoxy groups -OCH3 is 1. The molecule has 1 aliphatic heterocycles. The molecule has 0 radical (unpaired) electrons. The zero-order chi connectivity index (χ0) is 27.9. The molecule has 0 saturated carbocycles. The first-order valence-corrected chi connectivity index (χ1v) is 14.7. The first kappa shape index (κ1) is 26.6. The van der Waals surface area contributed by atoms with Gasteiger partial charge in [-0.05, 0) is 86.6 Å². The fraction of sp³-hybridized carbons (Fsp3) is 0.250. The minimum atomic E-state index is -3.54. The fourth-order valence-corrected chi connectivity index (χ4v) is 6.01. The minimum absolute atomic E-state index is 0.257. The summed E-state index contributed by atoms with van der Waals surface area (Å²) >= 11 is 5.88. The summed E-state index contributed by atoms with van der Waals surface area (Å²) in [7, 11) is -2.04. The van der Waals surface area contributed by atoms with E-state index < -0.39 is 10.0 Å². The lowest BCUT2D eigenvalue weighted by Gasteiger charge is -2.29. The van der Waals surface area contributed by atoms with Crippen LogP contribution < -0.4 is 19.7 Å². The molecule has 0 aliphatic carbocycles. The number of thiocarbonyl (C=S) groups is 1. The van der Waals surface area contributed by atoms with E-state index >= 15 is 0 Å². The Morgan fingerprint density at radius 1 is 1.05 bits per heavy atom. The molecule has 2 atom stereocenters. The van der Waals surface area contributed by atoms with E-state index in [9.17, 15) is 8.42 Å². The van der Waals surface area contributed by atoms with Gasteiger partial charge in [-0.25, -0.2) is 13.4 Å². The van der Waals surface area contributed by atoms with E-state index in [0.717, 1.165) is 40.3 Å². The average Bonchev–Trinajstić information content (AvgIpc) is 3.39. The lowest BCUT2D eigenvalue weighted by molar-refractivity contribution is 0.417. The number of nitrogens with one attached hydrogen (secondary N) is 2. The van der Waals surface area contributed by atoms with Gasteiger partial charge in [0, 0.05) is 29.5 Å². The van der Waals surface area contributed by atoms with Gasteiger partial charge in [-0.1, -0.05) is 12.1 Å². The highest BCUT2D eigenvalue weighted by Gasteiger charge is 2.42. The van der Waals surface area contributed by atoms with Crippen molar-refractivity contribution < 1.29 is 13.2 Å². The number of benzene rings is 1. The van der Waals surface area contributed by atoms with Crippen LogP contribution in [0, 0.1) is 20.8 Å². The van der Waals surface area contributed by atoms with Crippen molar-refractivity contribution in [3.8, 4) is 11.6 Å². The summed E-state index contributed by atoms with van der Waals surface area (Å²) in [5.41, 5.74) is 6.07. The standard InChI is InChI=1S/C28H30N6O3S2/c1-17-9-12-25(30-16-17)33-18(2)14-21(19(33)3)27-26(22-8-6-7-13-29-22)31-28(38)34(27)20-10-11-24(37-4)23(15-20)32-39(5,35)36/h6-16,26-27,32H,1-5H3,(H,31,38)/t26-,27-/m0/s1. The largest absolute Gasteiger partial charge is 0.495 e. The van der Waals surface area contributed by atoms with Crippen molar-refractivity contribution in [2.75, 3.05) is 23.0 Å². The highest BCUT2D eigenvalue weighted by molar-refractivity contribution is 7.92. The number of rotatable bonds is 7. The molecule has 1 saturated heterocycles. The smallest absolute Gasteiger partial charge is 0.229 e. The van der Waals surface area contributed by atoms with Gasteiger partial charge in [-0.15, -0.1) is 0 Å². The summed E-state index contributed by atoms with van der Waals surface area (Å²) in [6.45, 7) is 6.14. The third-order valence-corrected chi connectivity index (χ3v) is 7.67. The number of ether oxygens (including phenoxy) is 1. The van der Waals surface area contributed by atoms with Gasteiger partial charge in [-0.2, -0.15) is 0 Å². The molecular formula is C28H30N6O3S2. The maximum atomic E-state index is 12.1. The first-order valence-electron chi connectivity index (χ1n) is 12.4. The SMILES string of the molecule is COc1ccc(N2C(=S)N[C@@H](c3ccccn3)[C@@H]2c2cc(C)n(-c3ccc(C)cn3)c2C)cc1NS(C)(=O)=O. The van der Waals surface area contributed by atoms with Crippen LogP contribution >= 0.6 is 12.2 Å². The van der Waals surface area contributed by atoms with Crippen LogP contribution in [-0.4, -0.2) is 41.4 Å². The van der Waals surface area contributed by atoms with Crippen LogP contribution in [-0.2, 0) is 10.0 Å². The number of anilines is 2. The summed E-state index contributed by atoms with van der Waals surface area (Å²) in [5, 5.41) is 3.97. The molecule has 1 aromatic carbocycles. The predicted octanol–water partition coefficient (Wildman–Crippen LogP) is 4.75.